The van der Waals surface area contributed by atoms with Crippen LogP contribution < -0.4 is 4.74 Å². The molecule has 0 aliphatic carbocycles. The van der Waals surface area contributed by atoms with Crippen molar-refractivity contribution in [2.24, 2.45) is 0 Å². The molecule has 7 heteroatoms. The molecule has 0 bridgehead atoms. The average molecular weight is 429 g/mol. The van der Waals surface area contributed by atoms with Gasteiger partial charge in [-0.25, -0.2) is 0 Å². The number of rotatable bonds is 6. The van der Waals surface area contributed by atoms with Crippen LogP contribution in [0.3, 0.4) is 0 Å². The van der Waals surface area contributed by atoms with Gasteiger partial charge in [0.05, 0.1) is 23.7 Å². The quantitative estimate of drug-likeness (QED) is 0.432. The zero-order valence-electron chi connectivity index (χ0n) is 17.5. The monoisotopic (exact) mass is 428 g/mol. The second-order valence-corrected chi connectivity index (χ2v) is 7.96. The minimum absolute atomic E-state index is 0.0273. The second-order valence-electron chi connectivity index (χ2n) is 7.56. The van der Waals surface area contributed by atoms with Gasteiger partial charge in [0.2, 0.25) is 0 Å². The molecule has 1 N–H and O–H groups in total. The fourth-order valence-electron chi connectivity index (χ4n) is 3.56. The Balaban J connectivity index is 2.20. The van der Waals surface area contributed by atoms with Crippen LogP contribution in [-0.2, 0) is 9.59 Å². The van der Waals surface area contributed by atoms with Gasteiger partial charge in [-0.1, -0.05) is 41.4 Å². The lowest BCUT2D eigenvalue weighted by Gasteiger charge is -2.27. The maximum atomic E-state index is 13.0. The number of aliphatic hydroxyl groups is 1. The van der Waals surface area contributed by atoms with Gasteiger partial charge in [0, 0.05) is 18.7 Å². The van der Waals surface area contributed by atoms with Crippen molar-refractivity contribution in [2.75, 3.05) is 34.3 Å². The zero-order chi connectivity index (χ0) is 22.0. The van der Waals surface area contributed by atoms with E-state index < -0.39 is 17.7 Å². The molecule has 158 valence electrons. The Morgan fingerprint density at radius 1 is 1.20 bits per heavy atom. The van der Waals surface area contributed by atoms with Crippen molar-refractivity contribution in [3.63, 3.8) is 0 Å². The summed E-state index contributed by atoms with van der Waals surface area (Å²) in [7, 11) is 5.29. The Morgan fingerprint density at radius 3 is 2.57 bits per heavy atom. The molecule has 0 spiro atoms. The van der Waals surface area contributed by atoms with Gasteiger partial charge in [0.25, 0.3) is 11.7 Å². The van der Waals surface area contributed by atoms with Gasteiger partial charge >= 0.3 is 0 Å². The number of amides is 1. The van der Waals surface area contributed by atoms with E-state index in [0.29, 0.717) is 18.8 Å². The molecule has 1 aliphatic rings. The third kappa shape index (κ3) is 4.20. The standard InChI is InChI=1S/C23H25ClN2O4/c1-14-6-5-7-15(12-14)20-19(22(28)23(29)26(20)11-10-25(2)3)21(27)17-13-16(30-4)8-9-18(17)24/h5-9,12-13,20,27H,10-11H2,1-4H3/b21-19+. The third-order valence-corrected chi connectivity index (χ3v) is 5.44. The van der Waals surface area contributed by atoms with Gasteiger partial charge in [0.15, 0.2) is 0 Å². The van der Waals surface area contributed by atoms with Crippen molar-refractivity contribution in [2.45, 2.75) is 13.0 Å². The van der Waals surface area contributed by atoms with Crippen molar-refractivity contribution >= 4 is 29.1 Å². The number of aliphatic hydroxyl groups excluding tert-OH is 1. The Morgan fingerprint density at radius 2 is 1.93 bits per heavy atom. The summed E-state index contributed by atoms with van der Waals surface area (Å²) in [5.41, 5.74) is 2.03. The molecule has 1 unspecified atom stereocenters. The number of nitrogens with zero attached hydrogens (tertiary/aromatic N) is 2. The Hall–Kier alpha value is -2.83. The van der Waals surface area contributed by atoms with Crippen molar-refractivity contribution in [1.82, 2.24) is 9.80 Å². The number of halogens is 1. The largest absolute Gasteiger partial charge is 0.507 e. The summed E-state index contributed by atoms with van der Waals surface area (Å²) in [6.45, 7) is 2.86. The Labute approximate surface area is 181 Å². The number of methoxy groups -OCH3 is 1. The highest BCUT2D eigenvalue weighted by Crippen LogP contribution is 2.41. The van der Waals surface area contributed by atoms with E-state index in [9.17, 15) is 14.7 Å². The lowest BCUT2D eigenvalue weighted by atomic mass is 9.94. The normalized spacial score (nSPS) is 18.3. The number of likely N-dealkylation sites (tertiary alicyclic amines) is 1. The number of Topliss-reactive ketones (excluding diaryl/α,β-unsaturated/α-hetero) is 1. The van der Waals surface area contributed by atoms with E-state index in [-0.39, 0.29) is 21.9 Å². The first kappa shape index (κ1) is 21.9. The molecule has 1 amide bonds. The van der Waals surface area contributed by atoms with Crippen molar-refractivity contribution < 1.29 is 19.4 Å². The van der Waals surface area contributed by atoms with Crippen molar-refractivity contribution in [3.05, 3.63) is 69.8 Å². The summed E-state index contributed by atoms with van der Waals surface area (Å²) in [6, 6.07) is 11.7. The summed E-state index contributed by atoms with van der Waals surface area (Å²) in [5, 5.41) is 11.4. The fourth-order valence-corrected chi connectivity index (χ4v) is 3.77. The summed E-state index contributed by atoms with van der Waals surface area (Å²) in [6.07, 6.45) is 0. The maximum absolute atomic E-state index is 13.0. The highest BCUT2D eigenvalue weighted by molar-refractivity contribution is 6.47. The number of hydrogen-bond donors (Lipinski definition) is 1. The first-order valence-electron chi connectivity index (χ1n) is 9.58. The average Bonchev–Trinajstić information content (AvgIpc) is 2.96. The molecule has 30 heavy (non-hydrogen) atoms. The van der Waals surface area contributed by atoms with E-state index in [2.05, 4.69) is 0 Å². The molecule has 2 aromatic rings. The molecule has 0 saturated carbocycles. The molecule has 1 fully saturated rings. The molecule has 1 saturated heterocycles. The van der Waals surface area contributed by atoms with Crippen LogP contribution in [0.2, 0.25) is 5.02 Å². The number of ketones is 1. The summed E-state index contributed by atoms with van der Waals surface area (Å²) < 4.78 is 5.22. The minimum atomic E-state index is -0.725. The van der Waals surface area contributed by atoms with E-state index in [1.165, 1.54) is 12.0 Å². The van der Waals surface area contributed by atoms with Crippen LogP contribution in [0.5, 0.6) is 5.75 Å². The van der Waals surface area contributed by atoms with Gasteiger partial charge in [-0.05, 0) is 44.8 Å². The highest BCUT2D eigenvalue weighted by atomic mass is 35.5. The van der Waals surface area contributed by atoms with Crippen LogP contribution in [-0.4, -0.2) is 60.9 Å². The molecule has 1 heterocycles. The molecule has 1 atom stereocenters. The maximum Gasteiger partial charge on any atom is 0.295 e. The number of carbonyl (C=O) groups is 2. The number of ether oxygens (including phenoxy) is 1. The van der Waals surface area contributed by atoms with Gasteiger partial charge in [-0.15, -0.1) is 0 Å². The van der Waals surface area contributed by atoms with Crippen LogP contribution in [0, 0.1) is 6.92 Å². The van der Waals surface area contributed by atoms with Gasteiger partial charge in [-0.3, -0.25) is 9.59 Å². The molecular formula is C23H25ClN2O4. The molecule has 0 radical (unpaired) electrons. The van der Waals surface area contributed by atoms with Crippen LogP contribution in [0.1, 0.15) is 22.7 Å². The minimum Gasteiger partial charge on any atom is -0.507 e. The first-order valence-corrected chi connectivity index (χ1v) is 9.96. The molecule has 1 aliphatic heterocycles. The molecule has 3 rings (SSSR count). The topological polar surface area (TPSA) is 70.1 Å². The Kier molecular flexibility index (Phi) is 6.48. The second kappa shape index (κ2) is 8.90. The van der Waals surface area contributed by atoms with E-state index >= 15 is 0 Å². The highest BCUT2D eigenvalue weighted by Gasteiger charge is 2.46. The molecule has 6 nitrogen and oxygen atoms in total. The smallest absolute Gasteiger partial charge is 0.295 e. The summed E-state index contributed by atoms with van der Waals surface area (Å²) in [4.78, 5) is 29.4. The predicted octanol–water partition coefficient (Wildman–Crippen LogP) is 3.64. The summed E-state index contributed by atoms with van der Waals surface area (Å²) in [5.74, 6) is -1.19. The number of hydrogen-bond acceptors (Lipinski definition) is 5. The SMILES string of the molecule is COc1ccc(Cl)c(/C(O)=C2\C(=O)C(=O)N(CCN(C)C)C2c2cccc(C)c2)c1. The van der Waals surface area contributed by atoms with Gasteiger partial charge in [-0.2, -0.15) is 0 Å². The van der Waals surface area contributed by atoms with E-state index in [0.717, 1.165) is 11.1 Å². The third-order valence-electron chi connectivity index (χ3n) is 5.11. The number of benzene rings is 2. The van der Waals surface area contributed by atoms with Crippen LogP contribution in [0.25, 0.3) is 5.76 Å². The first-order chi connectivity index (χ1) is 14.2. The van der Waals surface area contributed by atoms with E-state index in [1.54, 1.807) is 18.2 Å². The number of carbonyl (C=O) groups excluding carboxylic acids is 2. The molecule has 0 aromatic heterocycles. The lowest BCUT2D eigenvalue weighted by Crippen LogP contribution is -2.35. The lowest BCUT2D eigenvalue weighted by molar-refractivity contribution is -0.140. The van der Waals surface area contributed by atoms with E-state index in [1.807, 2.05) is 50.2 Å². The van der Waals surface area contributed by atoms with Gasteiger partial charge < -0.3 is 19.6 Å². The number of aryl methyl sites for hydroxylation is 1. The fraction of sp³-hybridized carbons (Fsp3) is 0.304. The van der Waals surface area contributed by atoms with E-state index in [4.69, 9.17) is 16.3 Å². The Bertz CT molecular complexity index is 1020. The van der Waals surface area contributed by atoms with Crippen LogP contribution in [0.15, 0.2) is 48.0 Å². The van der Waals surface area contributed by atoms with Crippen LogP contribution in [0.4, 0.5) is 0 Å². The van der Waals surface area contributed by atoms with Gasteiger partial charge in [0.1, 0.15) is 11.5 Å². The molecule has 2 aromatic carbocycles. The van der Waals surface area contributed by atoms with Crippen molar-refractivity contribution in [1.29, 1.82) is 0 Å². The number of likely N-dealkylation sites (N-methyl/N-ethyl adjacent to an activating group) is 1. The van der Waals surface area contributed by atoms with Crippen molar-refractivity contribution in [3.8, 4) is 5.75 Å². The summed E-state index contributed by atoms with van der Waals surface area (Å²) >= 11 is 6.30. The predicted molar refractivity (Wildman–Crippen MR) is 117 cm³/mol. The molecular weight excluding hydrogens is 404 g/mol. The zero-order valence-corrected chi connectivity index (χ0v) is 18.2. The van der Waals surface area contributed by atoms with Crippen LogP contribution >= 0.6 is 11.6 Å².